The predicted octanol–water partition coefficient (Wildman–Crippen LogP) is 2.98. The van der Waals surface area contributed by atoms with E-state index in [4.69, 9.17) is 5.11 Å². The molecular weight excluding hydrogens is 184 g/mol. The summed E-state index contributed by atoms with van der Waals surface area (Å²) in [6, 6.07) is 0. The Kier molecular flexibility index (Phi) is 8.30. The third-order valence-electron chi connectivity index (χ3n) is 2.37. The molecule has 0 spiro atoms. The molecule has 1 N–H and O–H groups in total. The van der Waals surface area contributed by atoms with Gasteiger partial charge in [0.05, 0.1) is 0 Å². The lowest BCUT2D eigenvalue weighted by Crippen LogP contribution is -2.01. The molecule has 0 aliphatic rings. The van der Waals surface area contributed by atoms with E-state index in [0.717, 1.165) is 37.4 Å². The molecule has 0 aromatic heterocycles. The Hall–Kier alpha value is -0.180. The number of aliphatic carboxylic acids is 1. The van der Waals surface area contributed by atoms with E-state index < -0.39 is 5.97 Å². The molecule has 0 aromatic carbocycles. The minimum atomic E-state index is -0.678. The van der Waals surface area contributed by atoms with Gasteiger partial charge in [-0.05, 0) is 24.5 Å². The summed E-state index contributed by atoms with van der Waals surface area (Å²) in [5.41, 5.74) is 0. The topological polar surface area (TPSA) is 37.3 Å². The minimum absolute atomic E-state index is 0.317. The second kappa shape index (κ2) is 8.42. The molecule has 1 unspecified atom stereocenters. The molecule has 78 valence electrons. The third-order valence-corrected chi connectivity index (χ3v) is 2.63. The maximum atomic E-state index is 10.2. The Morgan fingerprint density at radius 1 is 1.38 bits per heavy atom. The van der Waals surface area contributed by atoms with Crippen LogP contribution >= 0.6 is 12.6 Å². The summed E-state index contributed by atoms with van der Waals surface area (Å²) in [6.45, 7) is 2.19. The van der Waals surface area contributed by atoms with Crippen molar-refractivity contribution in [2.45, 2.75) is 45.4 Å². The molecule has 0 aliphatic carbocycles. The summed E-state index contributed by atoms with van der Waals surface area (Å²) in [5.74, 6) is 1.01. The van der Waals surface area contributed by atoms with E-state index in [1.807, 2.05) is 0 Å². The standard InChI is InChI=1S/C10H20O2S/c1-2-9(7-8-13)5-3-4-6-10(11)12/h9,13H,2-8H2,1H3,(H,11,12). The number of thiol groups is 1. The van der Waals surface area contributed by atoms with Crippen molar-refractivity contribution in [1.29, 1.82) is 0 Å². The van der Waals surface area contributed by atoms with Crippen LogP contribution in [0.2, 0.25) is 0 Å². The molecule has 0 aliphatic heterocycles. The summed E-state index contributed by atoms with van der Waals surface area (Å²) in [6.07, 6.45) is 5.68. The number of unbranched alkanes of at least 4 members (excludes halogenated alkanes) is 1. The SMILES string of the molecule is CCC(CCS)CCCCC(=O)O. The second-order valence-corrected chi connectivity index (χ2v) is 3.87. The molecule has 0 aromatic rings. The van der Waals surface area contributed by atoms with Crippen molar-refractivity contribution in [2.75, 3.05) is 5.75 Å². The number of carbonyl (C=O) groups is 1. The van der Waals surface area contributed by atoms with Crippen LogP contribution in [0, 0.1) is 5.92 Å². The number of hydrogen-bond acceptors (Lipinski definition) is 2. The van der Waals surface area contributed by atoms with Gasteiger partial charge in [0.1, 0.15) is 0 Å². The Morgan fingerprint density at radius 2 is 2.08 bits per heavy atom. The lowest BCUT2D eigenvalue weighted by molar-refractivity contribution is -0.137. The molecule has 3 heteroatoms. The third kappa shape index (κ3) is 8.16. The first kappa shape index (κ1) is 12.8. The highest BCUT2D eigenvalue weighted by Gasteiger charge is 2.05. The van der Waals surface area contributed by atoms with Gasteiger partial charge in [-0.3, -0.25) is 4.79 Å². The van der Waals surface area contributed by atoms with Crippen LogP contribution in [0.3, 0.4) is 0 Å². The summed E-state index contributed by atoms with van der Waals surface area (Å²) < 4.78 is 0. The van der Waals surface area contributed by atoms with Crippen molar-refractivity contribution in [2.24, 2.45) is 5.92 Å². The van der Waals surface area contributed by atoms with Crippen LogP contribution in [0.4, 0.5) is 0 Å². The average Bonchev–Trinajstić information content (AvgIpc) is 2.10. The van der Waals surface area contributed by atoms with Gasteiger partial charge < -0.3 is 5.11 Å². The van der Waals surface area contributed by atoms with Crippen LogP contribution in [0.1, 0.15) is 45.4 Å². The summed E-state index contributed by atoms with van der Waals surface area (Å²) in [5, 5.41) is 8.43. The van der Waals surface area contributed by atoms with Gasteiger partial charge in [-0.2, -0.15) is 12.6 Å². The smallest absolute Gasteiger partial charge is 0.303 e. The average molecular weight is 204 g/mol. The van der Waals surface area contributed by atoms with Crippen molar-refractivity contribution in [3.05, 3.63) is 0 Å². The molecule has 0 fully saturated rings. The maximum absolute atomic E-state index is 10.2. The van der Waals surface area contributed by atoms with Crippen LogP contribution in [-0.2, 0) is 4.79 Å². The lowest BCUT2D eigenvalue weighted by Gasteiger charge is -2.12. The fraction of sp³-hybridized carbons (Fsp3) is 0.900. The highest BCUT2D eigenvalue weighted by molar-refractivity contribution is 7.80. The van der Waals surface area contributed by atoms with E-state index in [0.29, 0.717) is 6.42 Å². The van der Waals surface area contributed by atoms with Crippen LogP contribution < -0.4 is 0 Å². The normalized spacial score (nSPS) is 12.8. The quantitative estimate of drug-likeness (QED) is 0.471. The van der Waals surface area contributed by atoms with Gasteiger partial charge in [0.2, 0.25) is 0 Å². The van der Waals surface area contributed by atoms with E-state index >= 15 is 0 Å². The molecule has 2 nitrogen and oxygen atoms in total. The van der Waals surface area contributed by atoms with Crippen molar-refractivity contribution in [3.63, 3.8) is 0 Å². The van der Waals surface area contributed by atoms with Crippen LogP contribution in [0.25, 0.3) is 0 Å². The number of carboxylic acids is 1. The van der Waals surface area contributed by atoms with Crippen LogP contribution in [0.5, 0.6) is 0 Å². The zero-order chi connectivity index (χ0) is 10.1. The molecule has 0 saturated carbocycles. The molecule has 0 radical (unpaired) electrons. The van der Waals surface area contributed by atoms with E-state index in [9.17, 15) is 4.79 Å². The Bertz CT molecular complexity index is 137. The molecule has 13 heavy (non-hydrogen) atoms. The Labute approximate surface area is 86.1 Å². The van der Waals surface area contributed by atoms with Gasteiger partial charge in [0, 0.05) is 6.42 Å². The predicted molar refractivity (Wildman–Crippen MR) is 58.4 cm³/mol. The molecule has 0 bridgehead atoms. The van der Waals surface area contributed by atoms with E-state index in [-0.39, 0.29) is 0 Å². The molecule has 0 saturated heterocycles. The second-order valence-electron chi connectivity index (χ2n) is 3.43. The largest absolute Gasteiger partial charge is 0.481 e. The van der Waals surface area contributed by atoms with Crippen molar-refractivity contribution in [3.8, 4) is 0 Å². The highest BCUT2D eigenvalue weighted by atomic mass is 32.1. The van der Waals surface area contributed by atoms with Crippen molar-refractivity contribution < 1.29 is 9.90 Å². The minimum Gasteiger partial charge on any atom is -0.481 e. The van der Waals surface area contributed by atoms with E-state index in [1.54, 1.807) is 0 Å². The highest BCUT2D eigenvalue weighted by Crippen LogP contribution is 2.17. The van der Waals surface area contributed by atoms with Gasteiger partial charge in [-0.25, -0.2) is 0 Å². The monoisotopic (exact) mass is 204 g/mol. The number of carboxylic acid groups (broad SMARTS) is 1. The van der Waals surface area contributed by atoms with Gasteiger partial charge in [-0.15, -0.1) is 0 Å². The Morgan fingerprint density at radius 3 is 2.54 bits per heavy atom. The van der Waals surface area contributed by atoms with E-state index in [1.165, 1.54) is 6.42 Å². The van der Waals surface area contributed by atoms with Gasteiger partial charge in [0.25, 0.3) is 0 Å². The van der Waals surface area contributed by atoms with Crippen molar-refractivity contribution >= 4 is 18.6 Å². The molecule has 0 heterocycles. The first-order valence-corrected chi connectivity index (χ1v) is 5.66. The van der Waals surface area contributed by atoms with Gasteiger partial charge >= 0.3 is 5.97 Å². The zero-order valence-electron chi connectivity index (χ0n) is 8.33. The Balaban J connectivity index is 3.32. The molecule has 0 rings (SSSR count). The fourth-order valence-electron chi connectivity index (χ4n) is 1.44. The first-order chi connectivity index (χ1) is 6.20. The molecule has 1 atom stereocenters. The summed E-state index contributed by atoms with van der Waals surface area (Å²) >= 11 is 4.20. The lowest BCUT2D eigenvalue weighted by atomic mass is 9.96. The van der Waals surface area contributed by atoms with Gasteiger partial charge in [-0.1, -0.05) is 26.2 Å². The fourth-order valence-corrected chi connectivity index (χ4v) is 1.81. The van der Waals surface area contributed by atoms with Crippen LogP contribution in [-0.4, -0.2) is 16.8 Å². The van der Waals surface area contributed by atoms with E-state index in [2.05, 4.69) is 19.6 Å². The zero-order valence-corrected chi connectivity index (χ0v) is 9.22. The van der Waals surface area contributed by atoms with Gasteiger partial charge in [0.15, 0.2) is 0 Å². The number of hydrogen-bond donors (Lipinski definition) is 2. The number of rotatable bonds is 8. The first-order valence-electron chi connectivity index (χ1n) is 5.03. The summed E-state index contributed by atoms with van der Waals surface area (Å²) in [4.78, 5) is 10.2. The van der Waals surface area contributed by atoms with Crippen LogP contribution in [0.15, 0.2) is 0 Å². The van der Waals surface area contributed by atoms with Crippen molar-refractivity contribution in [1.82, 2.24) is 0 Å². The molecule has 0 amide bonds. The summed E-state index contributed by atoms with van der Waals surface area (Å²) in [7, 11) is 0. The molecular formula is C10H20O2S. The maximum Gasteiger partial charge on any atom is 0.303 e.